The Balaban J connectivity index is 2.27. The molecule has 0 radical (unpaired) electrons. The molecule has 1 N–H and O–H groups in total. The minimum Gasteiger partial charge on any atom is -0.312 e. The lowest BCUT2D eigenvalue weighted by Gasteiger charge is -2.27. The molecule has 80 valence electrons. The van der Waals surface area contributed by atoms with E-state index in [-0.39, 0.29) is 5.92 Å². The highest BCUT2D eigenvalue weighted by molar-refractivity contribution is 7.84. The summed E-state index contributed by atoms with van der Waals surface area (Å²) < 4.78 is 10.8. The Kier molecular flexibility index (Phi) is 5.13. The van der Waals surface area contributed by atoms with Gasteiger partial charge in [-0.15, -0.1) is 0 Å². The van der Waals surface area contributed by atoms with E-state index in [2.05, 4.69) is 11.4 Å². The molecule has 0 bridgehead atoms. The third-order valence-corrected chi connectivity index (χ3v) is 3.51. The maximum absolute atomic E-state index is 10.8. The maximum atomic E-state index is 10.8. The first-order chi connectivity index (χ1) is 6.74. The van der Waals surface area contributed by atoms with Crippen LogP contribution >= 0.6 is 0 Å². The molecule has 3 atom stereocenters. The first-order valence-electron chi connectivity index (χ1n) is 5.17. The van der Waals surface area contributed by atoms with Crippen molar-refractivity contribution in [1.82, 2.24) is 5.32 Å². The Morgan fingerprint density at radius 2 is 2.21 bits per heavy atom. The second-order valence-corrected chi connectivity index (χ2v) is 5.41. The van der Waals surface area contributed by atoms with Crippen LogP contribution in [0.2, 0.25) is 0 Å². The summed E-state index contributed by atoms with van der Waals surface area (Å²) in [6.45, 7) is 0.770. The van der Waals surface area contributed by atoms with E-state index in [4.69, 9.17) is 5.26 Å². The largest absolute Gasteiger partial charge is 0.312 e. The van der Waals surface area contributed by atoms with Crippen molar-refractivity contribution in [2.24, 2.45) is 5.92 Å². The van der Waals surface area contributed by atoms with Crippen LogP contribution in [0.4, 0.5) is 0 Å². The smallest absolute Gasteiger partial charge is 0.0672 e. The van der Waals surface area contributed by atoms with Gasteiger partial charge < -0.3 is 5.32 Å². The zero-order valence-corrected chi connectivity index (χ0v) is 9.48. The first kappa shape index (κ1) is 11.7. The van der Waals surface area contributed by atoms with Gasteiger partial charge in [0.1, 0.15) is 0 Å². The molecule has 0 spiro atoms. The predicted octanol–water partition coefficient (Wildman–Crippen LogP) is 1.04. The highest BCUT2D eigenvalue weighted by Gasteiger charge is 2.23. The van der Waals surface area contributed by atoms with Gasteiger partial charge in [0.25, 0.3) is 0 Å². The summed E-state index contributed by atoms with van der Waals surface area (Å²) in [6.07, 6.45) is 6.21. The lowest BCUT2D eigenvalue weighted by Crippen LogP contribution is -2.39. The Morgan fingerprint density at radius 1 is 1.50 bits per heavy atom. The van der Waals surface area contributed by atoms with Gasteiger partial charge in [0, 0.05) is 35.4 Å². The average Bonchev–Trinajstić information content (AvgIpc) is 2.18. The van der Waals surface area contributed by atoms with Gasteiger partial charge in [-0.05, 0) is 12.8 Å². The molecule has 0 amide bonds. The second kappa shape index (κ2) is 6.15. The van der Waals surface area contributed by atoms with Gasteiger partial charge in [-0.2, -0.15) is 5.26 Å². The number of nitrogens with one attached hydrogen (secondary N) is 1. The number of rotatable bonds is 4. The SMILES string of the molecule is CS(=O)CCNC1CCCCC1C#N. The van der Waals surface area contributed by atoms with Crippen molar-refractivity contribution >= 4 is 10.8 Å². The van der Waals surface area contributed by atoms with Crippen LogP contribution in [0.15, 0.2) is 0 Å². The van der Waals surface area contributed by atoms with Crippen molar-refractivity contribution in [1.29, 1.82) is 5.26 Å². The van der Waals surface area contributed by atoms with E-state index >= 15 is 0 Å². The number of hydrogen-bond donors (Lipinski definition) is 1. The Morgan fingerprint density at radius 3 is 2.86 bits per heavy atom. The molecule has 1 rings (SSSR count). The van der Waals surface area contributed by atoms with Crippen LogP contribution in [-0.4, -0.2) is 28.8 Å². The molecule has 3 nitrogen and oxygen atoms in total. The Hall–Kier alpha value is -0.400. The van der Waals surface area contributed by atoms with Gasteiger partial charge in [0.2, 0.25) is 0 Å². The summed E-state index contributed by atoms with van der Waals surface area (Å²) in [7, 11) is -0.728. The predicted molar refractivity (Wildman–Crippen MR) is 58.3 cm³/mol. The molecule has 1 fully saturated rings. The minimum atomic E-state index is -0.728. The summed E-state index contributed by atoms with van der Waals surface area (Å²) in [4.78, 5) is 0. The van der Waals surface area contributed by atoms with Crippen molar-refractivity contribution in [2.75, 3.05) is 18.6 Å². The molecule has 0 aromatic rings. The number of nitriles is 1. The van der Waals surface area contributed by atoms with Crippen LogP contribution in [0.3, 0.4) is 0 Å². The molecule has 14 heavy (non-hydrogen) atoms. The van der Waals surface area contributed by atoms with Crippen LogP contribution in [-0.2, 0) is 10.8 Å². The molecule has 1 aliphatic rings. The standard InChI is InChI=1S/C10H18N2OS/c1-14(13)7-6-12-10-5-3-2-4-9(10)8-11/h9-10,12H,2-7H2,1H3. The van der Waals surface area contributed by atoms with Crippen LogP contribution < -0.4 is 5.32 Å². The van der Waals surface area contributed by atoms with E-state index in [0.717, 1.165) is 19.4 Å². The second-order valence-electron chi connectivity index (χ2n) is 3.86. The molecule has 0 aliphatic heterocycles. The Labute approximate surface area is 88.3 Å². The monoisotopic (exact) mass is 214 g/mol. The molecule has 3 unspecified atom stereocenters. The molecule has 0 heterocycles. The van der Waals surface area contributed by atoms with Crippen LogP contribution in [0.5, 0.6) is 0 Å². The van der Waals surface area contributed by atoms with Crippen molar-refractivity contribution in [3.8, 4) is 6.07 Å². The normalized spacial score (nSPS) is 29.4. The molecule has 4 heteroatoms. The van der Waals surface area contributed by atoms with Crippen molar-refractivity contribution in [2.45, 2.75) is 31.7 Å². The summed E-state index contributed by atoms with van der Waals surface area (Å²) in [5.74, 6) is 0.850. The molecule has 0 aromatic carbocycles. The molecule has 1 saturated carbocycles. The maximum Gasteiger partial charge on any atom is 0.0672 e. The van der Waals surface area contributed by atoms with Crippen molar-refractivity contribution < 1.29 is 4.21 Å². The van der Waals surface area contributed by atoms with E-state index in [9.17, 15) is 4.21 Å². The zero-order chi connectivity index (χ0) is 10.4. The molecular formula is C10H18N2OS. The zero-order valence-electron chi connectivity index (χ0n) is 8.66. The highest BCUT2D eigenvalue weighted by Crippen LogP contribution is 2.23. The van der Waals surface area contributed by atoms with Gasteiger partial charge in [-0.3, -0.25) is 4.21 Å². The number of hydrogen-bond acceptors (Lipinski definition) is 3. The highest BCUT2D eigenvalue weighted by atomic mass is 32.2. The lowest BCUT2D eigenvalue weighted by molar-refractivity contribution is 0.318. The van der Waals surface area contributed by atoms with Gasteiger partial charge in [0.15, 0.2) is 0 Å². The van der Waals surface area contributed by atoms with Crippen LogP contribution in [0.1, 0.15) is 25.7 Å². The third-order valence-electron chi connectivity index (χ3n) is 2.73. The Bertz CT molecular complexity index is 237. The molecular weight excluding hydrogens is 196 g/mol. The van der Waals surface area contributed by atoms with Gasteiger partial charge in [-0.1, -0.05) is 12.8 Å². The van der Waals surface area contributed by atoms with Gasteiger partial charge >= 0.3 is 0 Å². The van der Waals surface area contributed by atoms with E-state index in [1.807, 2.05) is 0 Å². The first-order valence-corrected chi connectivity index (χ1v) is 6.90. The van der Waals surface area contributed by atoms with E-state index in [1.165, 1.54) is 12.8 Å². The van der Waals surface area contributed by atoms with Gasteiger partial charge in [0.05, 0.1) is 12.0 Å². The van der Waals surface area contributed by atoms with E-state index in [0.29, 0.717) is 11.8 Å². The van der Waals surface area contributed by atoms with Gasteiger partial charge in [-0.25, -0.2) is 0 Å². The minimum absolute atomic E-state index is 0.161. The molecule has 1 aliphatic carbocycles. The molecule has 0 aromatic heterocycles. The fourth-order valence-electron chi connectivity index (χ4n) is 1.92. The quantitative estimate of drug-likeness (QED) is 0.760. The molecule has 0 saturated heterocycles. The van der Waals surface area contributed by atoms with E-state index in [1.54, 1.807) is 6.26 Å². The summed E-state index contributed by atoms with van der Waals surface area (Å²) in [5, 5.41) is 12.3. The fraction of sp³-hybridized carbons (Fsp3) is 0.900. The lowest BCUT2D eigenvalue weighted by atomic mass is 9.85. The topological polar surface area (TPSA) is 52.9 Å². The fourth-order valence-corrected chi connectivity index (χ4v) is 2.32. The summed E-state index contributed by atoms with van der Waals surface area (Å²) >= 11 is 0. The van der Waals surface area contributed by atoms with Crippen LogP contribution in [0.25, 0.3) is 0 Å². The van der Waals surface area contributed by atoms with Crippen molar-refractivity contribution in [3.63, 3.8) is 0 Å². The van der Waals surface area contributed by atoms with Crippen LogP contribution in [0, 0.1) is 17.2 Å². The average molecular weight is 214 g/mol. The third kappa shape index (κ3) is 3.77. The summed E-state index contributed by atoms with van der Waals surface area (Å²) in [6, 6.07) is 2.68. The van der Waals surface area contributed by atoms with Crippen molar-refractivity contribution in [3.05, 3.63) is 0 Å². The number of nitrogens with zero attached hydrogens (tertiary/aromatic N) is 1. The summed E-state index contributed by atoms with van der Waals surface area (Å²) in [5.41, 5.74) is 0. The van der Waals surface area contributed by atoms with E-state index < -0.39 is 10.8 Å².